The standard InChI is InChI=1S/C19H33N5O2/c1-4-15(5-2)18-12-17(26-22-18)13-21-19(20-3)24-7-6-16(14-24)23-8-10-25-11-9-23/h12,15-16H,4-11,13-14H2,1-3H3,(H,20,21). The highest BCUT2D eigenvalue weighted by Crippen LogP contribution is 2.22. The summed E-state index contributed by atoms with van der Waals surface area (Å²) in [7, 11) is 1.85. The van der Waals surface area contributed by atoms with Crippen LogP contribution in [0.2, 0.25) is 0 Å². The van der Waals surface area contributed by atoms with Crippen molar-refractivity contribution in [1.29, 1.82) is 0 Å². The fourth-order valence-corrected chi connectivity index (χ4v) is 3.98. The lowest BCUT2D eigenvalue weighted by Gasteiger charge is -2.32. The molecular formula is C19H33N5O2. The Morgan fingerprint density at radius 1 is 1.31 bits per heavy atom. The second-order valence-corrected chi connectivity index (χ2v) is 7.17. The average molecular weight is 364 g/mol. The van der Waals surface area contributed by atoms with Crippen LogP contribution in [0.25, 0.3) is 0 Å². The van der Waals surface area contributed by atoms with Crippen LogP contribution >= 0.6 is 0 Å². The summed E-state index contributed by atoms with van der Waals surface area (Å²) in [4.78, 5) is 9.36. The first-order valence-corrected chi connectivity index (χ1v) is 9.98. The Hall–Kier alpha value is -1.60. The summed E-state index contributed by atoms with van der Waals surface area (Å²) >= 11 is 0. The van der Waals surface area contributed by atoms with Crippen molar-refractivity contribution in [2.45, 2.75) is 51.6 Å². The summed E-state index contributed by atoms with van der Waals surface area (Å²) in [5.74, 6) is 2.30. The van der Waals surface area contributed by atoms with Gasteiger partial charge in [0.05, 0.1) is 25.5 Å². The van der Waals surface area contributed by atoms with Crippen molar-refractivity contribution >= 4 is 5.96 Å². The molecule has 1 unspecified atom stereocenters. The molecule has 2 fully saturated rings. The van der Waals surface area contributed by atoms with Crippen LogP contribution in [0.4, 0.5) is 0 Å². The SMILES string of the molecule is CCC(CC)c1cc(CNC(=NC)N2CCC(N3CCOCC3)C2)on1. The first kappa shape index (κ1) is 19.2. The van der Waals surface area contributed by atoms with Gasteiger partial charge in [-0.25, -0.2) is 0 Å². The lowest BCUT2D eigenvalue weighted by Crippen LogP contribution is -2.46. The molecular weight excluding hydrogens is 330 g/mol. The second-order valence-electron chi connectivity index (χ2n) is 7.17. The van der Waals surface area contributed by atoms with Gasteiger partial charge >= 0.3 is 0 Å². The van der Waals surface area contributed by atoms with Gasteiger partial charge in [-0.1, -0.05) is 19.0 Å². The molecule has 0 aromatic carbocycles. The molecule has 2 aliphatic rings. The molecule has 146 valence electrons. The van der Waals surface area contributed by atoms with Gasteiger partial charge in [-0.15, -0.1) is 0 Å². The van der Waals surface area contributed by atoms with Crippen molar-refractivity contribution in [3.8, 4) is 0 Å². The number of rotatable bonds is 6. The molecule has 3 heterocycles. The molecule has 1 aromatic heterocycles. The number of guanidine groups is 1. The van der Waals surface area contributed by atoms with Crippen LogP contribution in [0, 0.1) is 0 Å². The fraction of sp³-hybridized carbons (Fsp3) is 0.789. The van der Waals surface area contributed by atoms with Crippen molar-refractivity contribution in [1.82, 2.24) is 20.3 Å². The summed E-state index contributed by atoms with van der Waals surface area (Å²) in [6.45, 7) is 10.9. The van der Waals surface area contributed by atoms with Crippen LogP contribution in [0.1, 0.15) is 50.5 Å². The minimum Gasteiger partial charge on any atom is -0.379 e. The summed E-state index contributed by atoms with van der Waals surface area (Å²) in [5.41, 5.74) is 1.07. The molecule has 0 aliphatic carbocycles. The minimum atomic E-state index is 0.486. The van der Waals surface area contributed by atoms with E-state index in [1.54, 1.807) is 0 Å². The van der Waals surface area contributed by atoms with E-state index in [1.807, 2.05) is 7.05 Å². The van der Waals surface area contributed by atoms with E-state index in [2.05, 4.69) is 45.2 Å². The first-order chi connectivity index (χ1) is 12.7. The fourth-order valence-electron chi connectivity index (χ4n) is 3.98. The van der Waals surface area contributed by atoms with E-state index in [0.29, 0.717) is 18.5 Å². The quantitative estimate of drug-likeness (QED) is 0.616. The summed E-state index contributed by atoms with van der Waals surface area (Å²) in [6.07, 6.45) is 3.37. The van der Waals surface area contributed by atoms with Gasteiger partial charge < -0.3 is 19.5 Å². The molecule has 0 bridgehead atoms. The van der Waals surface area contributed by atoms with Crippen LogP contribution in [-0.4, -0.2) is 73.4 Å². The number of ether oxygens (including phenoxy) is 1. The highest BCUT2D eigenvalue weighted by molar-refractivity contribution is 5.80. The zero-order chi connectivity index (χ0) is 18.4. The van der Waals surface area contributed by atoms with Crippen LogP contribution < -0.4 is 5.32 Å². The zero-order valence-corrected chi connectivity index (χ0v) is 16.4. The zero-order valence-electron chi connectivity index (χ0n) is 16.4. The largest absolute Gasteiger partial charge is 0.379 e. The Morgan fingerprint density at radius 3 is 2.77 bits per heavy atom. The third-order valence-corrected chi connectivity index (χ3v) is 5.64. The van der Waals surface area contributed by atoms with E-state index in [4.69, 9.17) is 9.26 Å². The molecule has 26 heavy (non-hydrogen) atoms. The highest BCUT2D eigenvalue weighted by Gasteiger charge is 2.30. The molecule has 7 nitrogen and oxygen atoms in total. The van der Waals surface area contributed by atoms with E-state index < -0.39 is 0 Å². The van der Waals surface area contributed by atoms with Gasteiger partial charge in [0.25, 0.3) is 0 Å². The monoisotopic (exact) mass is 363 g/mol. The van der Waals surface area contributed by atoms with Gasteiger partial charge in [-0.3, -0.25) is 9.89 Å². The van der Waals surface area contributed by atoms with Crippen LogP contribution in [0.3, 0.4) is 0 Å². The maximum Gasteiger partial charge on any atom is 0.194 e. The number of nitrogens with zero attached hydrogens (tertiary/aromatic N) is 4. The first-order valence-electron chi connectivity index (χ1n) is 9.98. The van der Waals surface area contributed by atoms with Crippen molar-refractivity contribution in [2.24, 2.45) is 4.99 Å². The molecule has 0 saturated carbocycles. The van der Waals surface area contributed by atoms with E-state index in [1.165, 1.54) is 6.42 Å². The van der Waals surface area contributed by atoms with Gasteiger partial charge in [0.15, 0.2) is 11.7 Å². The maximum absolute atomic E-state index is 5.51. The average Bonchev–Trinajstić information content (AvgIpc) is 3.35. The summed E-state index contributed by atoms with van der Waals surface area (Å²) in [6, 6.07) is 2.68. The molecule has 2 aliphatic heterocycles. The number of hydrogen-bond acceptors (Lipinski definition) is 5. The third kappa shape index (κ3) is 4.57. The number of nitrogens with one attached hydrogen (secondary N) is 1. The Labute approximate surface area is 156 Å². The predicted molar refractivity (Wildman–Crippen MR) is 102 cm³/mol. The molecule has 0 amide bonds. The molecule has 7 heteroatoms. The normalized spacial score (nSPS) is 22.4. The number of likely N-dealkylation sites (tertiary alicyclic amines) is 1. The minimum absolute atomic E-state index is 0.486. The van der Waals surface area contributed by atoms with Gasteiger partial charge in [-0.05, 0) is 19.3 Å². The number of hydrogen-bond donors (Lipinski definition) is 1. The summed E-state index contributed by atoms with van der Waals surface area (Å²) in [5, 5.41) is 7.68. The van der Waals surface area contributed by atoms with Crippen molar-refractivity contribution in [3.63, 3.8) is 0 Å². The Morgan fingerprint density at radius 2 is 2.08 bits per heavy atom. The van der Waals surface area contributed by atoms with Gasteiger partial charge in [0, 0.05) is 51.3 Å². The van der Waals surface area contributed by atoms with E-state index in [9.17, 15) is 0 Å². The highest BCUT2D eigenvalue weighted by atomic mass is 16.5. The van der Waals surface area contributed by atoms with Crippen molar-refractivity contribution in [3.05, 3.63) is 17.5 Å². The number of aliphatic imine (C=N–C) groups is 1. The number of morpholine rings is 1. The molecule has 2 saturated heterocycles. The van der Waals surface area contributed by atoms with Gasteiger partial charge in [0.2, 0.25) is 0 Å². The Balaban J connectivity index is 1.51. The lowest BCUT2D eigenvalue weighted by molar-refractivity contribution is 0.0195. The van der Waals surface area contributed by atoms with Gasteiger partial charge in [0.1, 0.15) is 0 Å². The van der Waals surface area contributed by atoms with E-state index in [0.717, 1.165) is 69.6 Å². The van der Waals surface area contributed by atoms with Crippen molar-refractivity contribution < 1.29 is 9.26 Å². The predicted octanol–water partition coefficient (Wildman–Crippen LogP) is 2.06. The molecule has 0 radical (unpaired) electrons. The van der Waals surface area contributed by atoms with E-state index in [-0.39, 0.29) is 0 Å². The van der Waals surface area contributed by atoms with Crippen LogP contribution in [-0.2, 0) is 11.3 Å². The Kier molecular flexibility index (Phi) is 6.91. The van der Waals surface area contributed by atoms with Gasteiger partial charge in [-0.2, -0.15) is 0 Å². The second kappa shape index (κ2) is 9.37. The lowest BCUT2D eigenvalue weighted by atomic mass is 9.99. The van der Waals surface area contributed by atoms with E-state index >= 15 is 0 Å². The molecule has 1 N–H and O–H groups in total. The smallest absolute Gasteiger partial charge is 0.194 e. The van der Waals surface area contributed by atoms with Crippen molar-refractivity contribution in [2.75, 3.05) is 46.4 Å². The topological polar surface area (TPSA) is 66.1 Å². The molecule has 3 rings (SSSR count). The number of aromatic nitrogens is 1. The molecule has 0 spiro atoms. The van der Waals surface area contributed by atoms with Crippen LogP contribution in [0.15, 0.2) is 15.6 Å². The van der Waals surface area contributed by atoms with Crippen LogP contribution in [0.5, 0.6) is 0 Å². The Bertz CT molecular complexity index is 578. The molecule has 1 atom stereocenters. The molecule has 1 aromatic rings. The summed E-state index contributed by atoms with van der Waals surface area (Å²) < 4.78 is 11.0. The maximum atomic E-state index is 5.51. The third-order valence-electron chi connectivity index (χ3n) is 5.64.